The first-order valence-corrected chi connectivity index (χ1v) is 15.6. The van der Waals surface area contributed by atoms with Gasteiger partial charge in [0.2, 0.25) is 0 Å². The quantitative estimate of drug-likeness (QED) is 0.207. The predicted molar refractivity (Wildman–Crippen MR) is 189 cm³/mol. The van der Waals surface area contributed by atoms with Crippen LogP contribution in [0.1, 0.15) is 25.0 Å². The van der Waals surface area contributed by atoms with Crippen LogP contribution in [-0.4, -0.2) is 0 Å². The van der Waals surface area contributed by atoms with Crippen molar-refractivity contribution in [3.05, 3.63) is 163 Å². The average Bonchev–Trinajstić information content (AvgIpc) is 3.55. The molecule has 0 bridgehead atoms. The Labute approximate surface area is 262 Å². The van der Waals surface area contributed by atoms with Crippen LogP contribution in [0.15, 0.2) is 156 Å². The molecular formula is C43H31NO. The fourth-order valence-corrected chi connectivity index (χ4v) is 7.33. The third kappa shape index (κ3) is 4.03. The summed E-state index contributed by atoms with van der Waals surface area (Å²) in [6, 6.07) is 54.9. The molecule has 0 aliphatic heterocycles. The van der Waals surface area contributed by atoms with Gasteiger partial charge in [0, 0.05) is 33.2 Å². The van der Waals surface area contributed by atoms with Gasteiger partial charge < -0.3 is 9.32 Å². The fourth-order valence-electron chi connectivity index (χ4n) is 7.33. The molecule has 1 aliphatic rings. The first-order chi connectivity index (χ1) is 22.0. The molecule has 8 aromatic rings. The van der Waals surface area contributed by atoms with Crippen molar-refractivity contribution >= 4 is 49.8 Å². The number of anilines is 3. The summed E-state index contributed by atoms with van der Waals surface area (Å²) in [5.74, 6) is 0. The summed E-state index contributed by atoms with van der Waals surface area (Å²) in [6.07, 6.45) is 0. The minimum absolute atomic E-state index is 0.0865. The van der Waals surface area contributed by atoms with E-state index in [0.717, 1.165) is 44.4 Å². The van der Waals surface area contributed by atoms with E-state index in [0.29, 0.717) is 0 Å². The van der Waals surface area contributed by atoms with Gasteiger partial charge in [-0.05, 0) is 98.8 Å². The molecule has 1 heterocycles. The predicted octanol–water partition coefficient (Wildman–Crippen LogP) is 12.2. The lowest BCUT2D eigenvalue weighted by Crippen LogP contribution is -2.16. The van der Waals surface area contributed by atoms with Crippen molar-refractivity contribution in [2.75, 3.05) is 4.90 Å². The average molecular weight is 578 g/mol. The van der Waals surface area contributed by atoms with Gasteiger partial charge in [-0.3, -0.25) is 0 Å². The van der Waals surface area contributed by atoms with Crippen LogP contribution in [0, 0.1) is 0 Å². The number of hydrogen-bond donors (Lipinski definition) is 0. The van der Waals surface area contributed by atoms with Gasteiger partial charge in [-0.15, -0.1) is 0 Å². The van der Waals surface area contributed by atoms with Crippen LogP contribution in [0.3, 0.4) is 0 Å². The molecule has 0 radical (unpaired) electrons. The number of rotatable bonds is 4. The Morgan fingerprint density at radius 2 is 1.16 bits per heavy atom. The lowest BCUT2D eigenvalue weighted by atomic mass is 9.82. The Morgan fingerprint density at radius 3 is 2.07 bits per heavy atom. The zero-order chi connectivity index (χ0) is 30.1. The molecule has 2 heteroatoms. The highest BCUT2D eigenvalue weighted by Crippen LogP contribution is 2.51. The Bertz CT molecular complexity index is 2410. The standard InChI is InChI=1S/C43H31NO/c1-43(2)39-17-8-6-15-35(39)36-22-21-34(27-40(36)43)44(32-14-10-13-29(23-32)28-11-4-3-5-12-28)33-20-19-30-26-42-38(25-31(30)24-33)37-16-7-9-18-41(37)45-42/h3-27H,1-2H3. The number of furan rings is 1. The Kier molecular flexibility index (Phi) is 5.58. The molecule has 0 spiro atoms. The van der Waals surface area contributed by atoms with Gasteiger partial charge in [0.25, 0.3) is 0 Å². The van der Waals surface area contributed by atoms with Crippen LogP contribution < -0.4 is 4.90 Å². The van der Waals surface area contributed by atoms with Crippen molar-refractivity contribution in [2.45, 2.75) is 19.3 Å². The van der Waals surface area contributed by atoms with Gasteiger partial charge in [-0.2, -0.15) is 0 Å². The largest absolute Gasteiger partial charge is 0.456 e. The molecule has 45 heavy (non-hydrogen) atoms. The van der Waals surface area contributed by atoms with Gasteiger partial charge in [0.1, 0.15) is 11.2 Å². The summed E-state index contributed by atoms with van der Waals surface area (Å²) in [5.41, 5.74) is 13.0. The molecule has 0 saturated heterocycles. The van der Waals surface area contributed by atoms with E-state index >= 15 is 0 Å². The van der Waals surface area contributed by atoms with Crippen molar-refractivity contribution in [2.24, 2.45) is 0 Å². The van der Waals surface area contributed by atoms with Crippen LogP contribution >= 0.6 is 0 Å². The molecule has 0 N–H and O–H groups in total. The summed E-state index contributed by atoms with van der Waals surface area (Å²) >= 11 is 0. The molecule has 7 aromatic carbocycles. The Balaban J connectivity index is 1.25. The topological polar surface area (TPSA) is 16.4 Å². The van der Waals surface area contributed by atoms with Gasteiger partial charge in [-0.25, -0.2) is 0 Å². The summed E-state index contributed by atoms with van der Waals surface area (Å²) in [5, 5.41) is 4.64. The van der Waals surface area contributed by atoms with Crippen molar-refractivity contribution in [3.8, 4) is 22.3 Å². The molecule has 0 unspecified atom stereocenters. The second kappa shape index (κ2) is 9.70. The Hall–Kier alpha value is -5.60. The van der Waals surface area contributed by atoms with Crippen molar-refractivity contribution in [1.29, 1.82) is 0 Å². The molecule has 214 valence electrons. The number of benzene rings is 7. The van der Waals surface area contributed by atoms with Crippen molar-refractivity contribution in [1.82, 2.24) is 0 Å². The van der Waals surface area contributed by atoms with E-state index in [2.05, 4.69) is 158 Å². The van der Waals surface area contributed by atoms with Crippen LogP contribution in [0.4, 0.5) is 17.1 Å². The van der Waals surface area contributed by atoms with Crippen LogP contribution in [0.5, 0.6) is 0 Å². The van der Waals surface area contributed by atoms with E-state index in [4.69, 9.17) is 4.42 Å². The number of para-hydroxylation sites is 1. The second-order valence-corrected chi connectivity index (χ2v) is 12.6. The van der Waals surface area contributed by atoms with Crippen LogP contribution in [0.25, 0.3) is 55.0 Å². The highest BCUT2D eigenvalue weighted by Gasteiger charge is 2.35. The molecule has 9 rings (SSSR count). The fraction of sp³-hybridized carbons (Fsp3) is 0.0698. The first-order valence-electron chi connectivity index (χ1n) is 15.6. The highest BCUT2D eigenvalue weighted by atomic mass is 16.3. The van der Waals surface area contributed by atoms with E-state index in [1.807, 2.05) is 12.1 Å². The van der Waals surface area contributed by atoms with Crippen molar-refractivity contribution in [3.63, 3.8) is 0 Å². The maximum absolute atomic E-state index is 6.21. The molecule has 0 atom stereocenters. The number of hydrogen-bond acceptors (Lipinski definition) is 2. The van der Waals surface area contributed by atoms with Gasteiger partial charge in [0.05, 0.1) is 0 Å². The van der Waals surface area contributed by atoms with Gasteiger partial charge in [-0.1, -0.05) is 111 Å². The summed E-state index contributed by atoms with van der Waals surface area (Å²) in [7, 11) is 0. The molecule has 0 saturated carbocycles. The molecule has 2 nitrogen and oxygen atoms in total. The Morgan fingerprint density at radius 1 is 0.444 bits per heavy atom. The number of nitrogens with zero attached hydrogens (tertiary/aromatic N) is 1. The third-order valence-corrected chi connectivity index (χ3v) is 9.61. The summed E-state index contributed by atoms with van der Waals surface area (Å²) in [6.45, 7) is 4.69. The molecule has 1 aromatic heterocycles. The van der Waals surface area contributed by atoms with Crippen LogP contribution in [0.2, 0.25) is 0 Å². The maximum Gasteiger partial charge on any atom is 0.136 e. The monoisotopic (exact) mass is 577 g/mol. The van der Waals surface area contributed by atoms with Gasteiger partial charge >= 0.3 is 0 Å². The van der Waals surface area contributed by atoms with E-state index in [1.165, 1.54) is 38.8 Å². The lowest BCUT2D eigenvalue weighted by Gasteiger charge is -2.28. The van der Waals surface area contributed by atoms with E-state index in [1.54, 1.807) is 0 Å². The zero-order valence-corrected chi connectivity index (χ0v) is 25.3. The van der Waals surface area contributed by atoms with E-state index in [-0.39, 0.29) is 5.41 Å². The first kappa shape index (κ1) is 25.9. The zero-order valence-electron chi connectivity index (χ0n) is 25.3. The van der Waals surface area contributed by atoms with E-state index in [9.17, 15) is 0 Å². The maximum atomic E-state index is 6.21. The normalized spacial score (nSPS) is 13.3. The number of fused-ring (bicyclic) bond motifs is 7. The highest BCUT2D eigenvalue weighted by molar-refractivity contribution is 6.10. The second-order valence-electron chi connectivity index (χ2n) is 12.6. The smallest absolute Gasteiger partial charge is 0.136 e. The van der Waals surface area contributed by atoms with Gasteiger partial charge in [0.15, 0.2) is 0 Å². The summed E-state index contributed by atoms with van der Waals surface area (Å²) < 4.78 is 6.21. The summed E-state index contributed by atoms with van der Waals surface area (Å²) in [4.78, 5) is 2.41. The minimum atomic E-state index is -0.0865. The minimum Gasteiger partial charge on any atom is -0.456 e. The van der Waals surface area contributed by atoms with Crippen molar-refractivity contribution < 1.29 is 4.42 Å². The SMILES string of the molecule is CC1(C)c2ccccc2-c2ccc(N(c3cccc(-c4ccccc4)c3)c3ccc4cc5oc6ccccc6c5cc4c3)cc21. The lowest BCUT2D eigenvalue weighted by molar-refractivity contribution is 0.660. The van der Waals surface area contributed by atoms with Crippen LogP contribution in [-0.2, 0) is 5.41 Å². The molecular weight excluding hydrogens is 546 g/mol. The molecule has 0 fully saturated rings. The van der Waals surface area contributed by atoms with E-state index < -0.39 is 0 Å². The molecule has 0 amide bonds. The third-order valence-electron chi connectivity index (χ3n) is 9.61. The molecule has 1 aliphatic carbocycles.